The van der Waals surface area contributed by atoms with E-state index in [1.165, 1.54) is 12.4 Å². The quantitative estimate of drug-likeness (QED) is 0.852. The maximum absolute atomic E-state index is 14.0. The lowest BCUT2D eigenvalue weighted by Crippen LogP contribution is -2.15. The summed E-state index contributed by atoms with van der Waals surface area (Å²) < 4.78 is 21.4. The summed E-state index contributed by atoms with van der Waals surface area (Å²) in [6, 6.07) is 5.13. The van der Waals surface area contributed by atoms with Crippen LogP contribution in [0.25, 0.3) is 0 Å². The van der Waals surface area contributed by atoms with Gasteiger partial charge in [0.1, 0.15) is 12.9 Å². The standard InChI is InChI=1S/C15H21FN4O/c1-4-17-8-12-6-5-7-13(16)15(12)21-9-14-18-10-19-20(14)11(2)3/h5-7,10-11,17H,4,8-9H2,1-3H3. The fraction of sp³-hybridized carbons (Fsp3) is 0.467. The van der Waals surface area contributed by atoms with Crippen molar-refractivity contribution in [2.24, 2.45) is 0 Å². The summed E-state index contributed by atoms with van der Waals surface area (Å²) in [5.41, 5.74) is 0.799. The normalized spacial score (nSPS) is 11.1. The molecule has 0 amide bonds. The van der Waals surface area contributed by atoms with Crippen LogP contribution in [-0.2, 0) is 13.2 Å². The molecule has 1 aromatic carbocycles. The summed E-state index contributed by atoms with van der Waals surface area (Å²) in [5.74, 6) is 0.598. The van der Waals surface area contributed by atoms with Gasteiger partial charge in [-0.3, -0.25) is 0 Å². The first kappa shape index (κ1) is 15.4. The number of halogens is 1. The molecule has 0 spiro atoms. The SMILES string of the molecule is CCNCc1cccc(F)c1OCc1ncnn1C(C)C. The number of ether oxygens (including phenoxy) is 1. The van der Waals surface area contributed by atoms with Crippen LogP contribution in [0.3, 0.4) is 0 Å². The monoisotopic (exact) mass is 292 g/mol. The van der Waals surface area contributed by atoms with Gasteiger partial charge in [-0.05, 0) is 26.5 Å². The zero-order chi connectivity index (χ0) is 15.2. The Bertz CT molecular complexity index is 583. The van der Waals surface area contributed by atoms with E-state index in [2.05, 4.69) is 15.4 Å². The Morgan fingerprint density at radius 1 is 1.38 bits per heavy atom. The van der Waals surface area contributed by atoms with Gasteiger partial charge in [-0.1, -0.05) is 19.1 Å². The van der Waals surface area contributed by atoms with Crippen molar-refractivity contribution in [2.75, 3.05) is 6.54 Å². The number of nitrogens with zero attached hydrogens (tertiary/aromatic N) is 3. The molecule has 1 heterocycles. The summed E-state index contributed by atoms with van der Waals surface area (Å²) in [5, 5.41) is 7.32. The largest absolute Gasteiger partial charge is 0.482 e. The van der Waals surface area contributed by atoms with Gasteiger partial charge in [0.2, 0.25) is 0 Å². The van der Waals surface area contributed by atoms with Crippen LogP contribution in [0.1, 0.15) is 38.2 Å². The fourth-order valence-electron chi connectivity index (χ4n) is 2.06. The number of para-hydroxylation sites is 1. The first-order chi connectivity index (χ1) is 10.1. The third kappa shape index (κ3) is 3.78. The van der Waals surface area contributed by atoms with Crippen LogP contribution in [0.15, 0.2) is 24.5 Å². The average Bonchev–Trinajstić information content (AvgIpc) is 2.92. The molecule has 0 saturated heterocycles. The number of hydrogen-bond donors (Lipinski definition) is 1. The summed E-state index contributed by atoms with van der Waals surface area (Å²) in [6.07, 6.45) is 1.49. The molecule has 2 aromatic rings. The molecule has 0 saturated carbocycles. The van der Waals surface area contributed by atoms with Crippen molar-refractivity contribution in [1.29, 1.82) is 0 Å². The van der Waals surface area contributed by atoms with E-state index < -0.39 is 0 Å². The summed E-state index contributed by atoms with van der Waals surface area (Å²) in [7, 11) is 0. The molecular weight excluding hydrogens is 271 g/mol. The molecule has 114 valence electrons. The Balaban J connectivity index is 2.13. The van der Waals surface area contributed by atoms with Crippen LogP contribution in [0, 0.1) is 5.82 Å². The predicted molar refractivity (Wildman–Crippen MR) is 78.5 cm³/mol. The number of benzene rings is 1. The van der Waals surface area contributed by atoms with E-state index in [4.69, 9.17) is 4.74 Å². The smallest absolute Gasteiger partial charge is 0.165 e. The van der Waals surface area contributed by atoms with Gasteiger partial charge in [0.15, 0.2) is 17.4 Å². The molecular formula is C15H21FN4O. The Labute approximate surface area is 124 Å². The Kier molecular flexibility index (Phi) is 5.27. The van der Waals surface area contributed by atoms with Crippen LogP contribution in [-0.4, -0.2) is 21.3 Å². The highest BCUT2D eigenvalue weighted by molar-refractivity contribution is 5.35. The van der Waals surface area contributed by atoms with E-state index in [1.807, 2.05) is 26.8 Å². The van der Waals surface area contributed by atoms with Gasteiger partial charge >= 0.3 is 0 Å². The molecule has 5 nitrogen and oxygen atoms in total. The minimum atomic E-state index is -0.360. The van der Waals surface area contributed by atoms with Crippen molar-refractivity contribution in [3.8, 4) is 5.75 Å². The molecule has 2 rings (SSSR count). The van der Waals surface area contributed by atoms with E-state index in [-0.39, 0.29) is 24.2 Å². The van der Waals surface area contributed by atoms with Crippen LogP contribution in [0.5, 0.6) is 5.75 Å². The maximum Gasteiger partial charge on any atom is 0.165 e. The summed E-state index contributed by atoms with van der Waals surface area (Å²) >= 11 is 0. The molecule has 0 unspecified atom stereocenters. The lowest BCUT2D eigenvalue weighted by Gasteiger charge is -2.14. The van der Waals surface area contributed by atoms with E-state index in [1.54, 1.807) is 10.7 Å². The molecule has 0 radical (unpaired) electrons. The van der Waals surface area contributed by atoms with Gasteiger partial charge in [0.05, 0.1) is 0 Å². The lowest BCUT2D eigenvalue weighted by atomic mass is 10.2. The second kappa shape index (κ2) is 7.17. The molecule has 0 atom stereocenters. The van der Waals surface area contributed by atoms with Gasteiger partial charge in [0.25, 0.3) is 0 Å². The van der Waals surface area contributed by atoms with Crippen LogP contribution < -0.4 is 10.1 Å². The van der Waals surface area contributed by atoms with E-state index in [0.717, 1.165) is 12.1 Å². The second-order valence-electron chi connectivity index (χ2n) is 5.01. The third-order valence-electron chi connectivity index (χ3n) is 3.10. The minimum absolute atomic E-state index is 0.188. The van der Waals surface area contributed by atoms with Crippen LogP contribution >= 0.6 is 0 Å². The van der Waals surface area contributed by atoms with E-state index in [0.29, 0.717) is 12.4 Å². The van der Waals surface area contributed by atoms with Gasteiger partial charge in [-0.2, -0.15) is 5.10 Å². The molecule has 0 fully saturated rings. The van der Waals surface area contributed by atoms with Gasteiger partial charge < -0.3 is 10.1 Å². The number of nitrogens with one attached hydrogen (secondary N) is 1. The average molecular weight is 292 g/mol. The topological polar surface area (TPSA) is 52.0 Å². The summed E-state index contributed by atoms with van der Waals surface area (Å²) in [6.45, 7) is 7.61. The molecule has 0 aliphatic carbocycles. The number of rotatable bonds is 7. The Morgan fingerprint density at radius 2 is 2.19 bits per heavy atom. The van der Waals surface area contributed by atoms with Crippen molar-refractivity contribution in [3.63, 3.8) is 0 Å². The maximum atomic E-state index is 14.0. The Morgan fingerprint density at radius 3 is 2.90 bits per heavy atom. The fourth-order valence-corrected chi connectivity index (χ4v) is 2.06. The molecule has 1 aromatic heterocycles. The van der Waals surface area contributed by atoms with Crippen molar-refractivity contribution in [1.82, 2.24) is 20.1 Å². The molecule has 6 heteroatoms. The van der Waals surface area contributed by atoms with Crippen molar-refractivity contribution >= 4 is 0 Å². The van der Waals surface area contributed by atoms with Crippen molar-refractivity contribution in [3.05, 3.63) is 41.7 Å². The third-order valence-corrected chi connectivity index (χ3v) is 3.10. The van der Waals surface area contributed by atoms with Crippen molar-refractivity contribution < 1.29 is 9.13 Å². The highest BCUT2D eigenvalue weighted by Gasteiger charge is 2.13. The van der Waals surface area contributed by atoms with Crippen molar-refractivity contribution in [2.45, 2.75) is 40.0 Å². The van der Waals surface area contributed by atoms with E-state index in [9.17, 15) is 4.39 Å². The second-order valence-corrected chi connectivity index (χ2v) is 5.01. The zero-order valence-corrected chi connectivity index (χ0v) is 12.6. The molecule has 21 heavy (non-hydrogen) atoms. The number of aromatic nitrogens is 3. The summed E-state index contributed by atoms with van der Waals surface area (Å²) in [4.78, 5) is 4.16. The number of hydrogen-bond acceptors (Lipinski definition) is 4. The molecule has 1 N–H and O–H groups in total. The van der Waals surface area contributed by atoms with E-state index >= 15 is 0 Å². The van der Waals surface area contributed by atoms with Crippen LogP contribution in [0.4, 0.5) is 4.39 Å². The lowest BCUT2D eigenvalue weighted by molar-refractivity contribution is 0.266. The van der Waals surface area contributed by atoms with Gasteiger partial charge in [-0.25, -0.2) is 14.1 Å². The first-order valence-corrected chi connectivity index (χ1v) is 7.12. The van der Waals surface area contributed by atoms with Crippen LogP contribution in [0.2, 0.25) is 0 Å². The first-order valence-electron chi connectivity index (χ1n) is 7.12. The predicted octanol–water partition coefficient (Wildman–Crippen LogP) is 2.69. The zero-order valence-electron chi connectivity index (χ0n) is 12.6. The van der Waals surface area contributed by atoms with Gasteiger partial charge in [0, 0.05) is 18.2 Å². The molecule has 0 aliphatic rings. The highest BCUT2D eigenvalue weighted by Crippen LogP contribution is 2.23. The minimum Gasteiger partial charge on any atom is -0.482 e. The Hall–Kier alpha value is -1.95. The molecule has 0 bridgehead atoms. The van der Waals surface area contributed by atoms with Gasteiger partial charge in [-0.15, -0.1) is 0 Å². The highest BCUT2D eigenvalue weighted by atomic mass is 19.1. The molecule has 0 aliphatic heterocycles.